The lowest BCUT2D eigenvalue weighted by atomic mass is 9.81. The van der Waals surface area contributed by atoms with Crippen LogP contribution in [0.3, 0.4) is 0 Å². The van der Waals surface area contributed by atoms with Crippen LogP contribution in [0, 0.1) is 5.41 Å². The molecule has 0 aromatic heterocycles. The first-order valence-corrected chi connectivity index (χ1v) is 5.38. The van der Waals surface area contributed by atoms with E-state index >= 15 is 0 Å². The minimum absolute atomic E-state index is 0.289. The van der Waals surface area contributed by atoms with Crippen LogP contribution in [-0.4, -0.2) is 13.2 Å². The predicted octanol–water partition coefficient (Wildman–Crippen LogP) is 2.58. The molecule has 1 aliphatic carbocycles. The Morgan fingerprint density at radius 1 is 1.29 bits per heavy atom. The normalized spacial score (nSPS) is 22.1. The minimum atomic E-state index is 0.289. The van der Waals surface area contributed by atoms with Gasteiger partial charge in [0, 0.05) is 13.0 Å². The highest BCUT2D eigenvalue weighted by Crippen LogP contribution is 2.35. The summed E-state index contributed by atoms with van der Waals surface area (Å²) in [5.74, 6) is 1.16. The first-order chi connectivity index (χ1) is 6.57. The number of allylic oxidation sites excluding steroid dienone is 3. The Kier molecular flexibility index (Phi) is 2.30. The standard InChI is InChI=1S/C12H19NO/c1-12(2,3)9-4-5-11-10(8-9)13-6-7-14-11/h8,13H,4-7H2,1-3H3. The third-order valence-electron chi connectivity index (χ3n) is 2.90. The van der Waals surface area contributed by atoms with Crippen LogP contribution in [0.25, 0.3) is 0 Å². The van der Waals surface area contributed by atoms with Gasteiger partial charge in [-0.1, -0.05) is 26.3 Å². The van der Waals surface area contributed by atoms with Crippen molar-refractivity contribution in [2.24, 2.45) is 5.41 Å². The highest BCUT2D eigenvalue weighted by atomic mass is 16.5. The van der Waals surface area contributed by atoms with Gasteiger partial charge in [0.15, 0.2) is 0 Å². The average Bonchev–Trinajstić information content (AvgIpc) is 2.16. The Morgan fingerprint density at radius 2 is 2.07 bits per heavy atom. The van der Waals surface area contributed by atoms with Crippen molar-refractivity contribution in [3.8, 4) is 0 Å². The highest BCUT2D eigenvalue weighted by molar-refractivity contribution is 5.33. The van der Waals surface area contributed by atoms with Gasteiger partial charge in [0.1, 0.15) is 12.4 Å². The van der Waals surface area contributed by atoms with Gasteiger partial charge >= 0.3 is 0 Å². The van der Waals surface area contributed by atoms with E-state index in [1.807, 2.05) is 0 Å². The summed E-state index contributed by atoms with van der Waals surface area (Å²) < 4.78 is 5.62. The number of nitrogens with one attached hydrogen (secondary N) is 1. The molecule has 0 fully saturated rings. The van der Waals surface area contributed by atoms with E-state index in [9.17, 15) is 0 Å². The zero-order valence-corrected chi connectivity index (χ0v) is 9.31. The Hall–Kier alpha value is -0.920. The number of hydrogen-bond acceptors (Lipinski definition) is 2. The molecule has 0 bridgehead atoms. The van der Waals surface area contributed by atoms with Crippen LogP contribution < -0.4 is 5.32 Å². The summed E-state index contributed by atoms with van der Waals surface area (Å²) in [5, 5.41) is 3.40. The van der Waals surface area contributed by atoms with Crippen molar-refractivity contribution >= 4 is 0 Å². The van der Waals surface area contributed by atoms with Gasteiger partial charge in [0.05, 0.1) is 5.70 Å². The first-order valence-electron chi connectivity index (χ1n) is 5.38. The Labute approximate surface area is 86.0 Å². The van der Waals surface area contributed by atoms with E-state index in [2.05, 4.69) is 32.2 Å². The summed E-state index contributed by atoms with van der Waals surface area (Å²) in [6.45, 7) is 8.57. The first kappa shape index (κ1) is 9.63. The molecule has 0 unspecified atom stereocenters. The molecule has 0 aromatic rings. The van der Waals surface area contributed by atoms with E-state index in [0.717, 1.165) is 31.8 Å². The molecule has 2 nitrogen and oxygen atoms in total. The van der Waals surface area contributed by atoms with Crippen molar-refractivity contribution in [3.05, 3.63) is 23.1 Å². The Morgan fingerprint density at radius 3 is 2.79 bits per heavy atom. The summed E-state index contributed by atoms with van der Waals surface area (Å²) in [6, 6.07) is 0. The monoisotopic (exact) mass is 193 g/mol. The lowest BCUT2D eigenvalue weighted by Gasteiger charge is -2.31. The van der Waals surface area contributed by atoms with Gasteiger partial charge in [-0.3, -0.25) is 0 Å². The summed E-state index contributed by atoms with van der Waals surface area (Å²) in [6.07, 6.45) is 4.48. The van der Waals surface area contributed by atoms with Crippen molar-refractivity contribution < 1.29 is 4.74 Å². The van der Waals surface area contributed by atoms with E-state index in [4.69, 9.17) is 4.74 Å². The second-order valence-corrected chi connectivity index (χ2v) is 5.03. The topological polar surface area (TPSA) is 21.3 Å². The van der Waals surface area contributed by atoms with Gasteiger partial charge in [-0.25, -0.2) is 0 Å². The molecule has 0 saturated carbocycles. The lowest BCUT2D eigenvalue weighted by Crippen LogP contribution is -2.28. The minimum Gasteiger partial charge on any atom is -0.494 e. The third-order valence-corrected chi connectivity index (χ3v) is 2.90. The fraction of sp³-hybridized carbons (Fsp3) is 0.667. The van der Waals surface area contributed by atoms with Gasteiger partial charge in [0.2, 0.25) is 0 Å². The number of rotatable bonds is 0. The Balaban J connectivity index is 2.25. The molecule has 2 aliphatic rings. The number of hydrogen-bond donors (Lipinski definition) is 1. The molecule has 78 valence electrons. The fourth-order valence-electron chi connectivity index (χ4n) is 1.96. The van der Waals surface area contributed by atoms with Gasteiger partial charge in [-0.15, -0.1) is 0 Å². The Bertz CT molecular complexity index is 294. The van der Waals surface area contributed by atoms with Crippen LogP contribution in [0.15, 0.2) is 23.1 Å². The summed E-state index contributed by atoms with van der Waals surface area (Å²) >= 11 is 0. The van der Waals surface area contributed by atoms with Crippen molar-refractivity contribution in [1.29, 1.82) is 0 Å². The molecule has 0 aromatic carbocycles. The van der Waals surface area contributed by atoms with Crippen molar-refractivity contribution in [1.82, 2.24) is 5.32 Å². The highest BCUT2D eigenvalue weighted by Gasteiger charge is 2.24. The molecular formula is C12H19NO. The van der Waals surface area contributed by atoms with E-state index in [0.29, 0.717) is 0 Å². The maximum Gasteiger partial charge on any atom is 0.119 e. The van der Waals surface area contributed by atoms with Crippen LogP contribution in [0.5, 0.6) is 0 Å². The molecule has 1 N–H and O–H groups in total. The summed E-state index contributed by atoms with van der Waals surface area (Å²) in [5.41, 5.74) is 3.03. The van der Waals surface area contributed by atoms with Gasteiger partial charge in [0.25, 0.3) is 0 Å². The predicted molar refractivity (Wildman–Crippen MR) is 57.8 cm³/mol. The van der Waals surface area contributed by atoms with E-state index in [1.54, 1.807) is 0 Å². The molecule has 0 atom stereocenters. The van der Waals surface area contributed by atoms with E-state index < -0.39 is 0 Å². The second kappa shape index (κ2) is 3.34. The molecular weight excluding hydrogens is 174 g/mol. The summed E-state index contributed by atoms with van der Waals surface area (Å²) in [7, 11) is 0. The maximum absolute atomic E-state index is 5.62. The fourth-order valence-corrected chi connectivity index (χ4v) is 1.96. The zero-order chi connectivity index (χ0) is 10.2. The average molecular weight is 193 g/mol. The summed E-state index contributed by atoms with van der Waals surface area (Å²) in [4.78, 5) is 0. The maximum atomic E-state index is 5.62. The SMILES string of the molecule is CC(C)(C)C1=CC2=C(CC1)OCCN2. The van der Waals surface area contributed by atoms with Crippen molar-refractivity contribution in [2.45, 2.75) is 33.6 Å². The molecule has 0 radical (unpaired) electrons. The molecule has 2 heteroatoms. The van der Waals surface area contributed by atoms with Gasteiger partial charge in [-0.2, -0.15) is 0 Å². The molecule has 0 spiro atoms. The van der Waals surface area contributed by atoms with Crippen molar-refractivity contribution in [2.75, 3.05) is 13.2 Å². The van der Waals surface area contributed by atoms with Gasteiger partial charge < -0.3 is 10.1 Å². The van der Waals surface area contributed by atoms with Gasteiger partial charge in [-0.05, 0) is 17.9 Å². The molecule has 1 aliphatic heterocycles. The smallest absolute Gasteiger partial charge is 0.119 e. The molecule has 14 heavy (non-hydrogen) atoms. The van der Waals surface area contributed by atoms with E-state index in [-0.39, 0.29) is 5.41 Å². The van der Waals surface area contributed by atoms with Crippen LogP contribution >= 0.6 is 0 Å². The zero-order valence-electron chi connectivity index (χ0n) is 9.31. The molecule has 0 amide bonds. The largest absolute Gasteiger partial charge is 0.494 e. The molecule has 1 heterocycles. The van der Waals surface area contributed by atoms with Crippen molar-refractivity contribution in [3.63, 3.8) is 0 Å². The van der Waals surface area contributed by atoms with E-state index in [1.165, 1.54) is 11.3 Å². The lowest BCUT2D eigenvalue weighted by molar-refractivity contribution is 0.180. The van der Waals surface area contributed by atoms with Crippen LogP contribution in [-0.2, 0) is 4.74 Å². The molecule has 0 saturated heterocycles. The molecule has 2 rings (SSSR count). The third kappa shape index (κ3) is 1.79. The van der Waals surface area contributed by atoms with Crippen LogP contribution in [0.2, 0.25) is 0 Å². The van der Waals surface area contributed by atoms with Crippen LogP contribution in [0.4, 0.5) is 0 Å². The second-order valence-electron chi connectivity index (χ2n) is 5.03. The quantitative estimate of drug-likeness (QED) is 0.638. The van der Waals surface area contributed by atoms with Crippen LogP contribution in [0.1, 0.15) is 33.6 Å². The number of ether oxygens (including phenoxy) is 1.